The van der Waals surface area contributed by atoms with Crippen LogP contribution in [0.15, 0.2) is 66.7 Å². The first-order valence-electron chi connectivity index (χ1n) is 7.37. The van der Waals surface area contributed by atoms with Crippen molar-refractivity contribution >= 4 is 44.9 Å². The second-order valence-corrected chi connectivity index (χ2v) is 5.50. The molecule has 0 fully saturated rings. The summed E-state index contributed by atoms with van der Waals surface area (Å²) < 4.78 is 9.77. The van der Waals surface area contributed by atoms with Crippen LogP contribution in [0.1, 0.15) is 0 Å². The minimum atomic E-state index is -0.809. The number of hydrogen-bond acceptors (Lipinski definition) is 4. The number of nitrogens with two attached hydrogens (primary N) is 2. The van der Waals surface area contributed by atoms with Crippen molar-refractivity contribution in [3.05, 3.63) is 66.7 Å². The summed E-state index contributed by atoms with van der Waals surface area (Å²) in [6, 6.07) is 22.7. The largest absolute Gasteiger partial charge is 0.528 e. The first-order chi connectivity index (χ1) is 11.3. The Kier molecular flexibility index (Phi) is 3.48. The summed E-state index contributed by atoms with van der Waals surface area (Å²) in [4.78, 5) is 0. The van der Waals surface area contributed by atoms with Crippen LogP contribution in [0.25, 0.3) is 32.3 Å². The fraction of sp³-hybridized carbons (Fsp3) is 0. The maximum Gasteiger partial charge on any atom is 0.528 e. The summed E-state index contributed by atoms with van der Waals surface area (Å²) in [5.41, 5.74) is 0.813. The van der Waals surface area contributed by atoms with Crippen LogP contribution < -0.4 is 17.3 Å². The van der Waals surface area contributed by atoms with Crippen LogP contribution in [0.4, 0.5) is 0 Å². The lowest BCUT2D eigenvalue weighted by atomic mass is 9.75. The molecule has 4 N–H and O–H groups in total. The van der Waals surface area contributed by atoms with Gasteiger partial charge in [-0.05, 0) is 37.8 Å². The Morgan fingerprint density at radius 1 is 0.652 bits per heavy atom. The van der Waals surface area contributed by atoms with E-state index in [0.717, 1.165) is 21.6 Å². The zero-order valence-electron chi connectivity index (χ0n) is 12.4. The summed E-state index contributed by atoms with van der Waals surface area (Å²) in [6.07, 6.45) is 0. The van der Waals surface area contributed by atoms with Crippen molar-refractivity contribution in [1.82, 2.24) is 0 Å². The first kappa shape index (κ1) is 14.2. The van der Waals surface area contributed by atoms with Crippen LogP contribution in [0.2, 0.25) is 0 Å². The Labute approximate surface area is 133 Å². The summed E-state index contributed by atoms with van der Waals surface area (Å²) in [5.74, 6) is 10.7. The SMILES string of the molecule is NOB(ON)c1cc2ccc3ccccc3c2c2ccccc12. The molecule has 0 aromatic heterocycles. The molecule has 0 amide bonds. The van der Waals surface area contributed by atoms with Crippen molar-refractivity contribution in [2.75, 3.05) is 0 Å². The molecule has 0 unspecified atom stereocenters. The Morgan fingerprint density at radius 2 is 1.26 bits per heavy atom. The van der Waals surface area contributed by atoms with E-state index in [9.17, 15) is 0 Å². The topological polar surface area (TPSA) is 70.5 Å². The molecule has 0 atom stereocenters. The van der Waals surface area contributed by atoms with Gasteiger partial charge in [-0.1, -0.05) is 66.7 Å². The monoisotopic (exact) mass is 302 g/mol. The van der Waals surface area contributed by atoms with E-state index in [4.69, 9.17) is 21.3 Å². The van der Waals surface area contributed by atoms with Crippen molar-refractivity contribution in [3.8, 4) is 0 Å². The summed E-state index contributed by atoms with van der Waals surface area (Å²) >= 11 is 0. The highest BCUT2D eigenvalue weighted by Crippen LogP contribution is 2.31. The van der Waals surface area contributed by atoms with E-state index in [1.807, 2.05) is 30.3 Å². The van der Waals surface area contributed by atoms with Crippen molar-refractivity contribution in [2.24, 2.45) is 11.8 Å². The summed E-state index contributed by atoms with van der Waals surface area (Å²) in [6.45, 7) is 0. The molecule has 0 saturated heterocycles. The van der Waals surface area contributed by atoms with Gasteiger partial charge in [0.25, 0.3) is 0 Å². The molecule has 4 rings (SSSR count). The van der Waals surface area contributed by atoms with E-state index in [0.29, 0.717) is 0 Å². The highest BCUT2D eigenvalue weighted by Gasteiger charge is 2.24. The molecule has 112 valence electrons. The van der Waals surface area contributed by atoms with Crippen LogP contribution in [-0.4, -0.2) is 7.12 Å². The second kappa shape index (κ2) is 5.64. The number of fused-ring (bicyclic) bond motifs is 5. The molecule has 0 aliphatic rings. The van der Waals surface area contributed by atoms with E-state index in [-0.39, 0.29) is 0 Å². The third-order valence-corrected chi connectivity index (χ3v) is 4.28. The molecular formula is C18H15BN2O2. The lowest BCUT2D eigenvalue weighted by Gasteiger charge is -2.14. The molecule has 0 aliphatic heterocycles. The zero-order valence-corrected chi connectivity index (χ0v) is 12.4. The fourth-order valence-electron chi connectivity index (χ4n) is 3.28. The second-order valence-electron chi connectivity index (χ2n) is 5.50. The molecule has 4 aromatic carbocycles. The normalized spacial score (nSPS) is 11.4. The van der Waals surface area contributed by atoms with Gasteiger partial charge in [0, 0.05) is 0 Å². The van der Waals surface area contributed by atoms with Gasteiger partial charge in [-0.2, -0.15) is 0 Å². The molecule has 0 bridgehead atoms. The molecule has 0 heterocycles. The third-order valence-electron chi connectivity index (χ3n) is 4.28. The number of hydrogen-bond donors (Lipinski definition) is 2. The van der Waals surface area contributed by atoms with Gasteiger partial charge in [0.2, 0.25) is 0 Å². The van der Waals surface area contributed by atoms with Crippen LogP contribution in [0, 0.1) is 0 Å². The predicted molar refractivity (Wildman–Crippen MR) is 94.9 cm³/mol. The Hall–Kier alpha value is -2.44. The minimum Gasteiger partial charge on any atom is -0.324 e. The van der Waals surface area contributed by atoms with Gasteiger partial charge >= 0.3 is 7.12 Å². The van der Waals surface area contributed by atoms with Gasteiger partial charge in [0.1, 0.15) is 0 Å². The molecule has 0 aliphatic carbocycles. The number of rotatable bonds is 3. The van der Waals surface area contributed by atoms with E-state index >= 15 is 0 Å². The zero-order chi connectivity index (χ0) is 15.8. The lowest BCUT2D eigenvalue weighted by molar-refractivity contribution is 0.216. The van der Waals surface area contributed by atoms with Gasteiger partial charge in [0.05, 0.1) is 0 Å². The van der Waals surface area contributed by atoms with E-state index < -0.39 is 7.12 Å². The first-order valence-corrected chi connectivity index (χ1v) is 7.37. The van der Waals surface area contributed by atoms with Crippen LogP contribution >= 0.6 is 0 Å². The Bertz CT molecular complexity index is 1020. The van der Waals surface area contributed by atoms with Gasteiger partial charge < -0.3 is 9.51 Å². The van der Waals surface area contributed by atoms with Gasteiger partial charge in [-0.3, -0.25) is 0 Å². The third kappa shape index (κ3) is 2.18. The van der Waals surface area contributed by atoms with Gasteiger partial charge in [0.15, 0.2) is 0 Å². The smallest absolute Gasteiger partial charge is 0.324 e. The van der Waals surface area contributed by atoms with Crippen molar-refractivity contribution in [3.63, 3.8) is 0 Å². The molecule has 23 heavy (non-hydrogen) atoms. The quantitative estimate of drug-likeness (QED) is 0.347. The van der Waals surface area contributed by atoms with Gasteiger partial charge in [-0.15, -0.1) is 0 Å². The van der Waals surface area contributed by atoms with E-state index in [1.165, 1.54) is 16.2 Å². The fourth-order valence-corrected chi connectivity index (χ4v) is 3.28. The molecule has 0 spiro atoms. The molecule has 5 heteroatoms. The van der Waals surface area contributed by atoms with E-state index in [2.05, 4.69) is 36.4 Å². The highest BCUT2D eigenvalue weighted by atomic mass is 16.7. The molecule has 0 saturated carbocycles. The molecule has 4 nitrogen and oxygen atoms in total. The molecule has 0 radical (unpaired) electrons. The predicted octanol–water partition coefficient (Wildman–Crippen LogP) is 2.62. The summed E-state index contributed by atoms with van der Waals surface area (Å²) in [7, 11) is -0.809. The Morgan fingerprint density at radius 3 is 2.00 bits per heavy atom. The van der Waals surface area contributed by atoms with E-state index in [1.54, 1.807) is 0 Å². The van der Waals surface area contributed by atoms with Crippen molar-refractivity contribution < 1.29 is 9.51 Å². The highest BCUT2D eigenvalue weighted by molar-refractivity contribution is 6.65. The van der Waals surface area contributed by atoms with Gasteiger partial charge in [-0.25, -0.2) is 11.8 Å². The number of benzene rings is 4. The average molecular weight is 302 g/mol. The summed E-state index contributed by atoms with van der Waals surface area (Å²) in [5, 5.41) is 6.85. The minimum absolute atomic E-state index is 0.809. The Balaban J connectivity index is 2.21. The standard InChI is InChI=1S/C18H15BN2O2/c20-22-19(23-21)17-11-13-10-9-12-5-1-2-6-14(12)18(13)16-8-4-3-7-15(16)17/h1-11H,20-21H2. The maximum absolute atomic E-state index is 5.34. The molecule has 4 aromatic rings. The maximum atomic E-state index is 5.34. The van der Waals surface area contributed by atoms with Crippen molar-refractivity contribution in [1.29, 1.82) is 0 Å². The van der Waals surface area contributed by atoms with Crippen LogP contribution in [0.5, 0.6) is 0 Å². The lowest BCUT2D eigenvalue weighted by Crippen LogP contribution is -2.41. The average Bonchev–Trinajstić information content (AvgIpc) is 2.62. The van der Waals surface area contributed by atoms with Crippen LogP contribution in [-0.2, 0) is 9.51 Å². The molecular weight excluding hydrogens is 287 g/mol. The van der Waals surface area contributed by atoms with Crippen LogP contribution in [0.3, 0.4) is 0 Å². The van der Waals surface area contributed by atoms with Crippen molar-refractivity contribution in [2.45, 2.75) is 0 Å².